The number of hydrogen-bond acceptors (Lipinski definition) is 1. The second-order valence-electron chi connectivity index (χ2n) is 7.05. The number of nitrogens with one attached hydrogen (secondary N) is 1. The minimum absolute atomic E-state index is 0.115. The molecule has 1 unspecified atom stereocenters. The van der Waals surface area contributed by atoms with Gasteiger partial charge in [0.25, 0.3) is 0 Å². The van der Waals surface area contributed by atoms with E-state index in [9.17, 15) is 4.79 Å². The van der Waals surface area contributed by atoms with Gasteiger partial charge in [0.1, 0.15) is 0 Å². The predicted molar refractivity (Wildman–Crippen MR) is 87.6 cm³/mol. The fraction of sp³-hybridized carbons (Fsp3) is 0.611. The maximum Gasteiger partial charge on any atom is 0.224 e. The Bertz CT molecular complexity index is 453. The van der Waals surface area contributed by atoms with Gasteiger partial charge in [0.05, 0.1) is 0 Å². The number of benzene rings is 1. The Morgan fingerprint density at radius 2 is 2.00 bits per heavy atom. The molecule has 21 heavy (non-hydrogen) atoms. The van der Waals surface area contributed by atoms with Crippen LogP contribution in [0.4, 0.5) is 5.69 Å². The van der Waals surface area contributed by atoms with Gasteiger partial charge in [-0.05, 0) is 48.3 Å². The van der Waals surface area contributed by atoms with Gasteiger partial charge < -0.3 is 5.32 Å². The molecular weight excluding hydrogens is 260 g/mol. The first-order valence-electron chi connectivity index (χ1n) is 7.99. The number of rotatable bonds is 4. The molecular formula is C18H27N2O. The monoisotopic (exact) mass is 287 g/mol. The molecule has 3 nitrogen and oxygen atoms in total. The minimum Gasteiger partial charge on any atom is -0.326 e. The van der Waals surface area contributed by atoms with Crippen molar-refractivity contribution in [1.29, 1.82) is 0 Å². The zero-order valence-corrected chi connectivity index (χ0v) is 13.5. The number of hydrogen-bond donors (Lipinski definition) is 1. The van der Waals surface area contributed by atoms with Crippen molar-refractivity contribution < 1.29 is 4.79 Å². The third-order valence-corrected chi connectivity index (χ3v) is 4.13. The van der Waals surface area contributed by atoms with Crippen LogP contribution < -0.4 is 10.6 Å². The molecule has 1 aliphatic rings. The summed E-state index contributed by atoms with van der Waals surface area (Å²) < 4.78 is 0. The number of carbonyl (C=O) groups is 1. The highest BCUT2D eigenvalue weighted by Gasteiger charge is 2.16. The van der Waals surface area contributed by atoms with E-state index in [4.69, 9.17) is 0 Å². The second-order valence-corrected chi connectivity index (χ2v) is 7.05. The van der Waals surface area contributed by atoms with E-state index in [0.29, 0.717) is 12.3 Å². The van der Waals surface area contributed by atoms with Crippen LogP contribution in [0.3, 0.4) is 0 Å². The molecule has 0 aliphatic carbocycles. The smallest absolute Gasteiger partial charge is 0.224 e. The van der Waals surface area contributed by atoms with E-state index in [1.165, 1.54) is 18.4 Å². The molecule has 0 saturated carbocycles. The summed E-state index contributed by atoms with van der Waals surface area (Å²) in [6.45, 7) is 8.51. The molecule has 3 heteroatoms. The van der Waals surface area contributed by atoms with Crippen molar-refractivity contribution >= 4 is 11.6 Å². The fourth-order valence-corrected chi connectivity index (χ4v) is 2.70. The Kier molecular flexibility index (Phi) is 5.40. The Hall–Kier alpha value is -1.35. The summed E-state index contributed by atoms with van der Waals surface area (Å²) in [5.41, 5.74) is 2.32. The Labute approximate surface area is 128 Å². The fourth-order valence-electron chi connectivity index (χ4n) is 2.70. The van der Waals surface area contributed by atoms with E-state index in [1.54, 1.807) is 0 Å². The van der Waals surface area contributed by atoms with Crippen molar-refractivity contribution in [3.63, 3.8) is 0 Å². The van der Waals surface area contributed by atoms with Crippen LogP contribution in [-0.2, 0) is 10.2 Å². The van der Waals surface area contributed by atoms with E-state index >= 15 is 0 Å². The van der Waals surface area contributed by atoms with Crippen molar-refractivity contribution in [2.45, 2.75) is 51.9 Å². The quantitative estimate of drug-likeness (QED) is 0.901. The van der Waals surface area contributed by atoms with Gasteiger partial charge in [-0.2, -0.15) is 0 Å². The second kappa shape index (κ2) is 7.08. The van der Waals surface area contributed by atoms with E-state index in [-0.39, 0.29) is 11.3 Å². The molecule has 1 fully saturated rings. The first kappa shape index (κ1) is 16.0. The van der Waals surface area contributed by atoms with Gasteiger partial charge in [-0.3, -0.25) is 4.79 Å². The zero-order valence-electron chi connectivity index (χ0n) is 13.5. The molecule has 0 spiro atoms. The minimum atomic E-state index is 0.115. The zero-order chi connectivity index (χ0) is 15.3. The average molecular weight is 287 g/mol. The standard InChI is InChI=1S/C18H27N2O/c1-18(2,3)15-7-9-16(10-8-15)20-17(21)11-6-14-5-4-12-19-13-14/h7-10,14H,4-6,11-13H2,1-3H3,(H,20,21). The molecule has 1 N–H and O–H groups in total. The largest absolute Gasteiger partial charge is 0.326 e. The summed E-state index contributed by atoms with van der Waals surface area (Å²) in [5, 5.41) is 7.41. The first-order chi connectivity index (χ1) is 9.95. The number of piperidine rings is 1. The third-order valence-electron chi connectivity index (χ3n) is 4.13. The number of amides is 1. The number of anilines is 1. The lowest BCUT2D eigenvalue weighted by Crippen LogP contribution is -2.25. The highest BCUT2D eigenvalue weighted by Crippen LogP contribution is 2.23. The summed E-state index contributed by atoms with van der Waals surface area (Å²) >= 11 is 0. The van der Waals surface area contributed by atoms with Gasteiger partial charge in [0.2, 0.25) is 5.91 Å². The van der Waals surface area contributed by atoms with Crippen LogP contribution >= 0.6 is 0 Å². The molecule has 1 saturated heterocycles. The molecule has 1 aliphatic heterocycles. The normalized spacial score (nSPS) is 19.3. The van der Waals surface area contributed by atoms with Crippen molar-refractivity contribution in [3.05, 3.63) is 29.8 Å². The molecule has 1 atom stereocenters. The predicted octanol–water partition coefficient (Wildman–Crippen LogP) is 3.72. The highest BCUT2D eigenvalue weighted by molar-refractivity contribution is 5.90. The lowest BCUT2D eigenvalue weighted by atomic mass is 9.87. The number of carbonyl (C=O) groups excluding carboxylic acids is 1. The first-order valence-corrected chi connectivity index (χ1v) is 7.99. The molecule has 1 amide bonds. The van der Waals surface area contributed by atoms with Gasteiger partial charge in [-0.25, -0.2) is 5.32 Å². The van der Waals surface area contributed by atoms with Crippen molar-refractivity contribution in [1.82, 2.24) is 5.32 Å². The lowest BCUT2D eigenvalue weighted by Gasteiger charge is -2.21. The summed E-state index contributed by atoms with van der Waals surface area (Å²) in [6, 6.07) is 8.17. The van der Waals surface area contributed by atoms with Gasteiger partial charge in [-0.15, -0.1) is 0 Å². The topological polar surface area (TPSA) is 43.2 Å². The van der Waals surface area contributed by atoms with Gasteiger partial charge in [0.15, 0.2) is 0 Å². The van der Waals surface area contributed by atoms with Crippen molar-refractivity contribution in [2.75, 3.05) is 18.4 Å². The van der Waals surface area contributed by atoms with E-state index in [1.807, 2.05) is 12.1 Å². The van der Waals surface area contributed by atoms with Crippen LogP contribution in [0.15, 0.2) is 24.3 Å². The maximum atomic E-state index is 12.0. The molecule has 1 radical (unpaired) electrons. The summed E-state index contributed by atoms with van der Waals surface area (Å²) in [5.74, 6) is 0.719. The summed E-state index contributed by atoms with van der Waals surface area (Å²) in [7, 11) is 0. The van der Waals surface area contributed by atoms with Crippen LogP contribution in [0, 0.1) is 5.92 Å². The Morgan fingerprint density at radius 3 is 2.57 bits per heavy atom. The molecule has 0 bridgehead atoms. The van der Waals surface area contributed by atoms with Crippen LogP contribution in [-0.4, -0.2) is 19.0 Å². The van der Waals surface area contributed by atoms with E-state index in [0.717, 1.165) is 25.2 Å². The molecule has 1 heterocycles. The van der Waals surface area contributed by atoms with Crippen molar-refractivity contribution in [3.8, 4) is 0 Å². The maximum absolute atomic E-state index is 12.0. The van der Waals surface area contributed by atoms with Gasteiger partial charge in [-0.1, -0.05) is 32.9 Å². The van der Waals surface area contributed by atoms with E-state index < -0.39 is 0 Å². The van der Waals surface area contributed by atoms with Crippen LogP contribution in [0.25, 0.3) is 0 Å². The number of nitrogens with zero attached hydrogens (tertiary/aromatic N) is 1. The lowest BCUT2D eigenvalue weighted by molar-refractivity contribution is -0.116. The van der Waals surface area contributed by atoms with Crippen LogP contribution in [0.1, 0.15) is 52.0 Å². The molecule has 1 aromatic carbocycles. The Morgan fingerprint density at radius 1 is 1.29 bits per heavy atom. The Balaban J connectivity index is 1.79. The van der Waals surface area contributed by atoms with Crippen LogP contribution in [0.5, 0.6) is 0 Å². The average Bonchev–Trinajstić information content (AvgIpc) is 2.46. The highest BCUT2D eigenvalue weighted by atomic mass is 16.1. The molecule has 0 aromatic heterocycles. The molecule has 115 valence electrons. The van der Waals surface area contributed by atoms with Crippen LogP contribution in [0.2, 0.25) is 0 Å². The summed E-state index contributed by atoms with van der Waals surface area (Å²) in [4.78, 5) is 12.0. The van der Waals surface area contributed by atoms with Gasteiger partial charge >= 0.3 is 0 Å². The molecule has 2 rings (SSSR count). The third kappa shape index (κ3) is 5.16. The SMILES string of the molecule is CC(C)(C)c1ccc(NC(=O)CCC2CCC[N]C2)cc1. The van der Waals surface area contributed by atoms with Crippen molar-refractivity contribution in [2.24, 2.45) is 5.92 Å². The van der Waals surface area contributed by atoms with E-state index in [2.05, 4.69) is 43.5 Å². The van der Waals surface area contributed by atoms with Gasteiger partial charge in [0, 0.05) is 25.2 Å². The molecule has 1 aromatic rings. The summed E-state index contributed by atoms with van der Waals surface area (Å²) in [6.07, 6.45) is 3.95.